The number of nitrogens with one attached hydrogen (secondary N) is 1. The average Bonchev–Trinajstić information content (AvgIpc) is 2.32. The van der Waals surface area contributed by atoms with Crippen LogP contribution in [0.1, 0.15) is 33.6 Å². The van der Waals surface area contributed by atoms with Crippen LogP contribution in [0.2, 0.25) is 0 Å². The molecule has 0 aromatic heterocycles. The molecule has 1 aliphatic heterocycles. The summed E-state index contributed by atoms with van der Waals surface area (Å²) in [6.07, 6.45) is 1.54. The number of carboxylic acid groups (broad SMARTS) is 1. The van der Waals surface area contributed by atoms with Crippen molar-refractivity contribution in [3.8, 4) is 0 Å². The molecule has 1 heterocycles. The van der Waals surface area contributed by atoms with Gasteiger partial charge in [0.15, 0.2) is 0 Å². The van der Waals surface area contributed by atoms with Gasteiger partial charge in [0.05, 0.1) is 13.2 Å². The molecule has 2 atom stereocenters. The molecule has 0 saturated carbocycles. The van der Waals surface area contributed by atoms with Crippen molar-refractivity contribution in [2.45, 2.75) is 45.2 Å². The number of nitrogens with zero attached hydrogens (tertiary/aromatic N) is 1. The lowest BCUT2D eigenvalue weighted by Gasteiger charge is -2.34. The Kier molecular flexibility index (Phi) is 6.05. The fourth-order valence-electron chi connectivity index (χ4n) is 2.39. The maximum absolute atomic E-state index is 11.3. The first-order valence-electron chi connectivity index (χ1n) is 6.80. The first kappa shape index (κ1) is 15.4. The summed E-state index contributed by atoms with van der Waals surface area (Å²) in [5.41, 5.74) is -0.801. The fraction of sp³-hybridized carbons (Fsp3) is 0.923. The summed E-state index contributed by atoms with van der Waals surface area (Å²) in [5.74, 6) is -0.764. The molecule has 0 radical (unpaired) electrons. The molecule has 1 fully saturated rings. The molecule has 106 valence electrons. The van der Waals surface area contributed by atoms with Gasteiger partial charge in [0.2, 0.25) is 0 Å². The summed E-state index contributed by atoms with van der Waals surface area (Å²) >= 11 is 0. The molecule has 0 amide bonds. The molecular weight excluding hydrogens is 232 g/mol. The van der Waals surface area contributed by atoms with E-state index in [4.69, 9.17) is 4.74 Å². The molecule has 2 N–H and O–H groups in total. The Bertz CT molecular complexity index is 273. The molecule has 18 heavy (non-hydrogen) atoms. The number of hydrogen-bond donors (Lipinski definition) is 2. The Morgan fingerprint density at radius 3 is 2.89 bits per heavy atom. The lowest BCUT2D eigenvalue weighted by Crippen LogP contribution is -2.50. The van der Waals surface area contributed by atoms with Crippen molar-refractivity contribution in [2.24, 2.45) is 0 Å². The Hall–Kier alpha value is -0.650. The summed E-state index contributed by atoms with van der Waals surface area (Å²) in [5, 5.41) is 12.3. The predicted octanol–water partition coefficient (Wildman–Crippen LogP) is 0.940. The highest BCUT2D eigenvalue weighted by molar-refractivity contribution is 5.78. The molecular formula is C13H26N2O3. The minimum Gasteiger partial charge on any atom is -0.480 e. The van der Waals surface area contributed by atoms with Crippen molar-refractivity contribution in [2.75, 3.05) is 32.8 Å². The molecule has 0 bridgehead atoms. The monoisotopic (exact) mass is 258 g/mol. The van der Waals surface area contributed by atoms with Gasteiger partial charge in [-0.05, 0) is 39.8 Å². The van der Waals surface area contributed by atoms with Crippen molar-refractivity contribution in [1.29, 1.82) is 0 Å². The quantitative estimate of drug-likeness (QED) is 0.711. The number of rotatable bonds is 7. The molecule has 2 unspecified atom stereocenters. The molecule has 5 heteroatoms. The van der Waals surface area contributed by atoms with Crippen LogP contribution >= 0.6 is 0 Å². The maximum Gasteiger partial charge on any atom is 0.323 e. The van der Waals surface area contributed by atoms with Crippen molar-refractivity contribution in [3.63, 3.8) is 0 Å². The SMILES string of the molecule is CCNC(C)(CCCN1CCOCC1C)C(=O)O. The first-order chi connectivity index (χ1) is 8.49. The van der Waals surface area contributed by atoms with Crippen LogP contribution in [-0.4, -0.2) is 60.4 Å². The average molecular weight is 258 g/mol. The lowest BCUT2D eigenvalue weighted by atomic mass is 9.95. The highest BCUT2D eigenvalue weighted by Crippen LogP contribution is 2.15. The van der Waals surface area contributed by atoms with Gasteiger partial charge in [-0.2, -0.15) is 0 Å². The normalized spacial score (nSPS) is 24.7. The largest absolute Gasteiger partial charge is 0.480 e. The molecule has 5 nitrogen and oxygen atoms in total. The van der Waals surface area contributed by atoms with Crippen LogP contribution < -0.4 is 5.32 Å². The third kappa shape index (κ3) is 4.23. The summed E-state index contributed by atoms with van der Waals surface area (Å²) in [6.45, 7) is 9.99. The smallest absolute Gasteiger partial charge is 0.323 e. The van der Waals surface area contributed by atoms with Crippen molar-refractivity contribution < 1.29 is 14.6 Å². The van der Waals surface area contributed by atoms with E-state index in [1.54, 1.807) is 6.92 Å². The topological polar surface area (TPSA) is 61.8 Å². The zero-order valence-electron chi connectivity index (χ0n) is 11.7. The second-order valence-electron chi connectivity index (χ2n) is 5.23. The number of aliphatic carboxylic acids is 1. The molecule has 0 aromatic carbocycles. The van der Waals surface area contributed by atoms with Gasteiger partial charge in [0, 0.05) is 12.6 Å². The van der Waals surface area contributed by atoms with E-state index in [9.17, 15) is 9.90 Å². The van der Waals surface area contributed by atoms with Gasteiger partial charge in [-0.15, -0.1) is 0 Å². The zero-order valence-corrected chi connectivity index (χ0v) is 11.7. The van der Waals surface area contributed by atoms with Crippen LogP contribution in [0, 0.1) is 0 Å². The Morgan fingerprint density at radius 2 is 2.33 bits per heavy atom. The van der Waals surface area contributed by atoms with Crippen LogP contribution in [-0.2, 0) is 9.53 Å². The van der Waals surface area contributed by atoms with Gasteiger partial charge < -0.3 is 15.2 Å². The van der Waals surface area contributed by atoms with E-state index in [1.165, 1.54) is 0 Å². The summed E-state index contributed by atoms with van der Waals surface area (Å²) in [4.78, 5) is 13.6. The minimum absolute atomic E-state index is 0.439. The standard InChI is InChI=1S/C13H26N2O3/c1-4-14-13(3,12(16)17)6-5-7-15-8-9-18-10-11(15)2/h11,14H,4-10H2,1-3H3,(H,16,17). The Morgan fingerprint density at radius 1 is 1.61 bits per heavy atom. The second-order valence-corrected chi connectivity index (χ2v) is 5.23. The molecule has 0 aromatic rings. The fourth-order valence-corrected chi connectivity index (χ4v) is 2.39. The van der Waals surface area contributed by atoms with Crippen LogP contribution in [0.5, 0.6) is 0 Å². The number of carbonyl (C=O) groups is 1. The molecule has 1 saturated heterocycles. The van der Waals surface area contributed by atoms with E-state index in [0.29, 0.717) is 19.0 Å². The van der Waals surface area contributed by atoms with Crippen LogP contribution in [0.25, 0.3) is 0 Å². The molecule has 1 aliphatic rings. The highest BCUT2D eigenvalue weighted by Gasteiger charge is 2.31. The number of hydrogen-bond acceptors (Lipinski definition) is 4. The van der Waals surface area contributed by atoms with E-state index in [-0.39, 0.29) is 0 Å². The van der Waals surface area contributed by atoms with E-state index in [0.717, 1.165) is 32.7 Å². The molecule has 0 spiro atoms. The third-order valence-electron chi connectivity index (χ3n) is 3.67. The predicted molar refractivity (Wildman–Crippen MR) is 70.8 cm³/mol. The van der Waals surface area contributed by atoms with Crippen LogP contribution in [0.3, 0.4) is 0 Å². The van der Waals surface area contributed by atoms with E-state index in [1.807, 2.05) is 6.92 Å². The van der Waals surface area contributed by atoms with Crippen molar-refractivity contribution in [3.05, 3.63) is 0 Å². The molecule has 0 aliphatic carbocycles. The Balaban J connectivity index is 2.36. The summed E-state index contributed by atoms with van der Waals surface area (Å²) in [7, 11) is 0. The van der Waals surface area contributed by atoms with Crippen molar-refractivity contribution >= 4 is 5.97 Å². The van der Waals surface area contributed by atoms with Crippen LogP contribution in [0.4, 0.5) is 0 Å². The van der Waals surface area contributed by atoms with E-state index < -0.39 is 11.5 Å². The number of likely N-dealkylation sites (N-methyl/N-ethyl adjacent to an activating group) is 1. The number of ether oxygens (including phenoxy) is 1. The summed E-state index contributed by atoms with van der Waals surface area (Å²) in [6, 6.07) is 0.439. The van der Waals surface area contributed by atoms with Gasteiger partial charge in [-0.1, -0.05) is 6.92 Å². The lowest BCUT2D eigenvalue weighted by molar-refractivity contribution is -0.144. The third-order valence-corrected chi connectivity index (χ3v) is 3.67. The van der Waals surface area contributed by atoms with Gasteiger partial charge in [0.25, 0.3) is 0 Å². The summed E-state index contributed by atoms with van der Waals surface area (Å²) < 4.78 is 5.39. The number of morpholine rings is 1. The van der Waals surface area contributed by atoms with Gasteiger partial charge >= 0.3 is 5.97 Å². The maximum atomic E-state index is 11.3. The van der Waals surface area contributed by atoms with E-state index >= 15 is 0 Å². The van der Waals surface area contributed by atoms with Crippen molar-refractivity contribution in [1.82, 2.24) is 10.2 Å². The second kappa shape index (κ2) is 7.07. The number of carboxylic acids is 1. The van der Waals surface area contributed by atoms with Gasteiger partial charge in [-0.25, -0.2) is 0 Å². The minimum atomic E-state index is -0.801. The van der Waals surface area contributed by atoms with Crippen LogP contribution in [0.15, 0.2) is 0 Å². The zero-order chi connectivity index (χ0) is 13.6. The van der Waals surface area contributed by atoms with E-state index in [2.05, 4.69) is 17.1 Å². The van der Waals surface area contributed by atoms with Gasteiger partial charge in [0.1, 0.15) is 5.54 Å². The van der Waals surface area contributed by atoms with Gasteiger partial charge in [-0.3, -0.25) is 9.69 Å². The molecule has 1 rings (SSSR count). The highest BCUT2D eigenvalue weighted by atomic mass is 16.5. The Labute approximate surface area is 109 Å². The first-order valence-corrected chi connectivity index (χ1v) is 6.80.